The Morgan fingerprint density at radius 1 is 1.15 bits per heavy atom. The van der Waals surface area contributed by atoms with Crippen LogP contribution in [0.3, 0.4) is 0 Å². The first-order valence-corrected chi connectivity index (χ1v) is 7.89. The van der Waals surface area contributed by atoms with Crippen molar-refractivity contribution < 1.29 is 19.2 Å². The quantitative estimate of drug-likeness (QED) is 0.436. The molecule has 2 N–H and O–H groups in total. The van der Waals surface area contributed by atoms with Gasteiger partial charge in [0.1, 0.15) is 5.02 Å². The van der Waals surface area contributed by atoms with Crippen LogP contribution in [-0.2, 0) is 4.79 Å². The van der Waals surface area contributed by atoms with E-state index in [1.54, 1.807) is 0 Å². The second-order valence-electron chi connectivity index (χ2n) is 4.65. The van der Waals surface area contributed by atoms with Crippen molar-refractivity contribution >= 4 is 52.3 Å². The topological polar surface area (TPSA) is 123 Å². The number of non-ortho nitro benzene ring substituents is 1. The minimum Gasteiger partial charge on any atom is -0.466 e. The Hall–Kier alpha value is -2.62. The number of pyridine rings is 1. The summed E-state index contributed by atoms with van der Waals surface area (Å²) in [5.74, 6) is -1.58. The molecule has 0 unspecified atom stereocenters. The molecule has 2 aromatic rings. The molecular weight excluding hydrogens is 411 g/mol. The minimum absolute atomic E-state index is 0.00499. The number of carbonyl (C=O) groups is 2. The molecule has 136 valence electrons. The molecule has 0 atom stereocenters. The van der Waals surface area contributed by atoms with Gasteiger partial charge in [0, 0.05) is 17.7 Å². The van der Waals surface area contributed by atoms with Crippen LogP contribution < -0.4 is 15.6 Å². The van der Waals surface area contributed by atoms with Crippen LogP contribution in [0.25, 0.3) is 0 Å². The summed E-state index contributed by atoms with van der Waals surface area (Å²) in [5.41, 5.74) is 3.91. The number of nitro groups is 1. The van der Waals surface area contributed by atoms with Crippen molar-refractivity contribution in [1.82, 2.24) is 15.8 Å². The van der Waals surface area contributed by atoms with Crippen LogP contribution in [0.4, 0.5) is 5.69 Å². The van der Waals surface area contributed by atoms with E-state index in [-0.39, 0.29) is 32.3 Å². The monoisotopic (exact) mass is 418 g/mol. The lowest BCUT2D eigenvalue weighted by Gasteiger charge is -2.09. The van der Waals surface area contributed by atoms with E-state index < -0.39 is 23.3 Å². The van der Waals surface area contributed by atoms with E-state index in [1.165, 1.54) is 24.3 Å². The SMILES string of the molecule is O=C(COc1nc(Cl)c(Cl)cc1Cl)NNC(=O)c1cccc([N+](=O)[O-])c1. The molecule has 0 aliphatic heterocycles. The van der Waals surface area contributed by atoms with E-state index in [1.807, 2.05) is 0 Å². The standard InChI is InChI=1S/C14H9Cl3N4O5/c15-9-5-10(16)14(18-12(9)17)26-6-11(22)19-20-13(23)7-2-1-3-8(4-7)21(24)25/h1-5H,6H2,(H,19,22)(H,20,23). The van der Waals surface area contributed by atoms with Crippen LogP contribution in [0, 0.1) is 10.1 Å². The van der Waals surface area contributed by atoms with Crippen molar-refractivity contribution in [2.75, 3.05) is 6.61 Å². The number of halogens is 3. The molecule has 0 fully saturated rings. The highest BCUT2D eigenvalue weighted by atomic mass is 35.5. The number of aromatic nitrogens is 1. The van der Waals surface area contributed by atoms with Crippen LogP contribution in [0.1, 0.15) is 10.4 Å². The summed E-state index contributed by atoms with van der Waals surface area (Å²) in [6.07, 6.45) is 0. The molecule has 1 heterocycles. The highest BCUT2D eigenvalue weighted by Gasteiger charge is 2.14. The zero-order valence-electron chi connectivity index (χ0n) is 12.7. The fourth-order valence-electron chi connectivity index (χ4n) is 1.66. The van der Waals surface area contributed by atoms with Crippen LogP contribution in [-0.4, -0.2) is 28.3 Å². The van der Waals surface area contributed by atoms with Gasteiger partial charge < -0.3 is 4.74 Å². The first-order valence-electron chi connectivity index (χ1n) is 6.76. The summed E-state index contributed by atoms with van der Waals surface area (Å²) in [4.78, 5) is 37.4. The van der Waals surface area contributed by atoms with Crippen molar-refractivity contribution in [1.29, 1.82) is 0 Å². The molecule has 0 spiro atoms. The number of hydrazine groups is 1. The van der Waals surface area contributed by atoms with Crippen molar-refractivity contribution in [2.45, 2.75) is 0 Å². The van der Waals surface area contributed by atoms with Gasteiger partial charge in [-0.25, -0.2) is 0 Å². The molecule has 1 aromatic carbocycles. The number of benzene rings is 1. The van der Waals surface area contributed by atoms with Gasteiger partial charge >= 0.3 is 0 Å². The highest BCUT2D eigenvalue weighted by molar-refractivity contribution is 6.42. The second-order valence-corrected chi connectivity index (χ2v) is 5.82. The fraction of sp³-hybridized carbons (Fsp3) is 0.0714. The maximum absolute atomic E-state index is 11.9. The molecule has 2 rings (SSSR count). The minimum atomic E-state index is -0.743. The summed E-state index contributed by atoms with van der Waals surface area (Å²) < 4.78 is 5.08. The lowest BCUT2D eigenvalue weighted by atomic mass is 10.2. The molecule has 0 aliphatic carbocycles. The van der Waals surface area contributed by atoms with Gasteiger partial charge in [0.25, 0.3) is 17.5 Å². The van der Waals surface area contributed by atoms with Crippen molar-refractivity contribution in [3.8, 4) is 5.88 Å². The third-order valence-electron chi connectivity index (χ3n) is 2.83. The number of rotatable bonds is 5. The summed E-state index contributed by atoms with van der Waals surface area (Å²) >= 11 is 17.3. The van der Waals surface area contributed by atoms with Crippen molar-refractivity contribution in [2.24, 2.45) is 0 Å². The van der Waals surface area contributed by atoms with Gasteiger partial charge in [-0.15, -0.1) is 0 Å². The van der Waals surface area contributed by atoms with E-state index in [0.29, 0.717) is 0 Å². The molecule has 2 amide bonds. The first kappa shape index (κ1) is 19.7. The van der Waals surface area contributed by atoms with Gasteiger partial charge in [-0.1, -0.05) is 40.9 Å². The number of nitrogens with zero attached hydrogens (tertiary/aromatic N) is 2. The Labute approximate surface area is 161 Å². The van der Waals surface area contributed by atoms with Gasteiger partial charge in [-0.2, -0.15) is 4.98 Å². The molecule has 1 aromatic heterocycles. The largest absolute Gasteiger partial charge is 0.466 e. The lowest BCUT2D eigenvalue weighted by Crippen LogP contribution is -2.43. The van der Waals surface area contributed by atoms with Crippen LogP contribution in [0.5, 0.6) is 5.88 Å². The molecule has 12 heteroatoms. The van der Waals surface area contributed by atoms with E-state index in [0.717, 1.165) is 6.07 Å². The summed E-state index contributed by atoms with van der Waals surface area (Å²) in [6.45, 7) is -0.528. The number of hydrogen-bond donors (Lipinski definition) is 2. The summed E-state index contributed by atoms with van der Waals surface area (Å²) in [6, 6.07) is 6.30. The Bertz CT molecular complexity index is 878. The summed E-state index contributed by atoms with van der Waals surface area (Å²) in [7, 11) is 0. The molecule has 0 radical (unpaired) electrons. The Morgan fingerprint density at radius 2 is 1.88 bits per heavy atom. The average molecular weight is 420 g/mol. The molecular formula is C14H9Cl3N4O5. The van der Waals surface area contributed by atoms with E-state index in [2.05, 4.69) is 15.8 Å². The molecule has 0 saturated heterocycles. The van der Waals surface area contributed by atoms with Gasteiger partial charge in [0.2, 0.25) is 5.88 Å². The zero-order chi connectivity index (χ0) is 19.3. The third kappa shape index (κ3) is 5.19. The number of nitrogens with one attached hydrogen (secondary N) is 2. The maximum Gasteiger partial charge on any atom is 0.276 e. The predicted molar refractivity (Wildman–Crippen MR) is 93.5 cm³/mol. The number of carbonyl (C=O) groups excluding carboxylic acids is 2. The van der Waals surface area contributed by atoms with Gasteiger partial charge in [-0.05, 0) is 12.1 Å². The van der Waals surface area contributed by atoms with Crippen LogP contribution in [0.15, 0.2) is 30.3 Å². The lowest BCUT2D eigenvalue weighted by molar-refractivity contribution is -0.384. The van der Waals surface area contributed by atoms with Crippen molar-refractivity contribution in [3.63, 3.8) is 0 Å². The number of amides is 2. The fourth-order valence-corrected chi connectivity index (χ4v) is 2.20. The molecule has 9 nitrogen and oxygen atoms in total. The van der Waals surface area contributed by atoms with Crippen molar-refractivity contribution in [3.05, 3.63) is 61.2 Å². The van der Waals surface area contributed by atoms with E-state index in [9.17, 15) is 19.7 Å². The molecule has 0 aliphatic rings. The Kier molecular flexibility index (Phi) is 6.56. The first-order chi connectivity index (χ1) is 12.3. The van der Waals surface area contributed by atoms with Crippen LogP contribution in [0.2, 0.25) is 15.2 Å². The average Bonchev–Trinajstić information content (AvgIpc) is 2.61. The number of hydrogen-bond acceptors (Lipinski definition) is 6. The highest BCUT2D eigenvalue weighted by Crippen LogP contribution is 2.30. The zero-order valence-corrected chi connectivity index (χ0v) is 14.9. The number of nitro benzene ring substituents is 1. The van der Waals surface area contributed by atoms with E-state index >= 15 is 0 Å². The van der Waals surface area contributed by atoms with Gasteiger partial charge in [0.05, 0.1) is 9.95 Å². The Balaban J connectivity index is 1.89. The Morgan fingerprint density at radius 3 is 2.58 bits per heavy atom. The third-order valence-corrected chi connectivity index (χ3v) is 3.77. The number of ether oxygens (including phenoxy) is 1. The predicted octanol–water partition coefficient (Wildman–Crippen LogP) is 2.79. The van der Waals surface area contributed by atoms with Gasteiger partial charge in [0.15, 0.2) is 11.8 Å². The second kappa shape index (κ2) is 8.65. The normalized spacial score (nSPS) is 10.1. The van der Waals surface area contributed by atoms with E-state index in [4.69, 9.17) is 39.5 Å². The maximum atomic E-state index is 11.9. The molecule has 0 bridgehead atoms. The smallest absolute Gasteiger partial charge is 0.276 e. The van der Waals surface area contributed by atoms with Crippen LogP contribution >= 0.6 is 34.8 Å². The molecule has 26 heavy (non-hydrogen) atoms. The van der Waals surface area contributed by atoms with Gasteiger partial charge in [-0.3, -0.25) is 30.6 Å². The molecule has 0 saturated carbocycles. The summed E-state index contributed by atoms with van der Waals surface area (Å²) in [5, 5.41) is 10.8.